The summed E-state index contributed by atoms with van der Waals surface area (Å²) in [6.07, 6.45) is 0. The number of anilines is 3. The van der Waals surface area contributed by atoms with Crippen LogP contribution >= 0.6 is 56.8 Å². The molecule has 0 bridgehead atoms. The standard InChI is InChI=1S/C12H8ClFI2N2/c13-7-3-6(15)1-2-11(7)18-12-4-8(14)9(16)5-10(12)17/h1-5,18H,17H2. The van der Waals surface area contributed by atoms with Gasteiger partial charge in [0.1, 0.15) is 5.82 Å². The zero-order valence-corrected chi connectivity index (χ0v) is 14.0. The second-order valence-corrected chi connectivity index (χ2v) is 6.42. The Bertz CT molecular complexity index is 605. The molecule has 0 amide bonds. The fraction of sp³-hybridized carbons (Fsp3) is 0. The SMILES string of the molecule is Nc1cc(I)c(F)cc1Nc1ccc(I)cc1Cl. The first kappa shape index (κ1) is 14.1. The fourth-order valence-electron chi connectivity index (χ4n) is 1.41. The highest BCUT2D eigenvalue weighted by Gasteiger charge is 2.08. The van der Waals surface area contributed by atoms with Crippen molar-refractivity contribution in [2.24, 2.45) is 0 Å². The van der Waals surface area contributed by atoms with Gasteiger partial charge in [-0.3, -0.25) is 0 Å². The predicted molar refractivity (Wildman–Crippen MR) is 91.0 cm³/mol. The van der Waals surface area contributed by atoms with E-state index >= 15 is 0 Å². The van der Waals surface area contributed by atoms with Gasteiger partial charge in [0.05, 0.1) is 25.7 Å². The molecule has 0 fully saturated rings. The van der Waals surface area contributed by atoms with Crippen molar-refractivity contribution in [2.75, 3.05) is 11.1 Å². The van der Waals surface area contributed by atoms with E-state index in [1.54, 1.807) is 6.07 Å². The van der Waals surface area contributed by atoms with Crippen LogP contribution in [-0.4, -0.2) is 0 Å². The molecule has 2 nitrogen and oxygen atoms in total. The molecule has 0 saturated carbocycles. The molecule has 2 aromatic rings. The first-order valence-corrected chi connectivity index (χ1v) is 7.47. The lowest BCUT2D eigenvalue weighted by Gasteiger charge is -2.12. The van der Waals surface area contributed by atoms with E-state index in [0.717, 1.165) is 3.57 Å². The molecule has 0 atom stereocenters. The van der Waals surface area contributed by atoms with Gasteiger partial charge in [-0.05, 0) is 69.4 Å². The van der Waals surface area contributed by atoms with E-state index in [2.05, 4.69) is 27.9 Å². The minimum Gasteiger partial charge on any atom is -0.397 e. The smallest absolute Gasteiger partial charge is 0.138 e. The third-order valence-corrected chi connectivity index (χ3v) is 4.10. The van der Waals surface area contributed by atoms with Gasteiger partial charge in [-0.2, -0.15) is 0 Å². The summed E-state index contributed by atoms with van der Waals surface area (Å²) in [5, 5.41) is 3.60. The Morgan fingerprint density at radius 1 is 1.11 bits per heavy atom. The molecular weight excluding hydrogens is 480 g/mol. The van der Waals surface area contributed by atoms with Crippen LogP contribution < -0.4 is 11.1 Å². The first-order chi connectivity index (χ1) is 8.47. The van der Waals surface area contributed by atoms with Crippen LogP contribution in [0.4, 0.5) is 21.5 Å². The minimum absolute atomic E-state index is 0.311. The summed E-state index contributed by atoms with van der Waals surface area (Å²) in [5.41, 5.74) is 7.53. The lowest BCUT2D eigenvalue weighted by molar-refractivity contribution is 0.621. The highest BCUT2D eigenvalue weighted by molar-refractivity contribution is 14.1. The number of hydrogen-bond acceptors (Lipinski definition) is 2. The van der Waals surface area contributed by atoms with Crippen molar-refractivity contribution in [3.05, 3.63) is 48.3 Å². The van der Waals surface area contributed by atoms with Gasteiger partial charge in [0.25, 0.3) is 0 Å². The summed E-state index contributed by atoms with van der Waals surface area (Å²) in [5.74, 6) is -0.311. The molecule has 2 aromatic carbocycles. The zero-order valence-electron chi connectivity index (χ0n) is 8.98. The molecule has 0 spiro atoms. The molecule has 2 rings (SSSR count). The molecule has 0 aliphatic rings. The number of nitrogens with two attached hydrogens (primary N) is 1. The van der Waals surface area contributed by atoms with E-state index < -0.39 is 0 Å². The summed E-state index contributed by atoms with van der Waals surface area (Å²) >= 11 is 10.2. The Morgan fingerprint density at radius 2 is 1.83 bits per heavy atom. The number of halogens is 4. The van der Waals surface area contributed by atoms with Gasteiger partial charge >= 0.3 is 0 Å². The van der Waals surface area contributed by atoms with Crippen LogP contribution in [0.3, 0.4) is 0 Å². The number of nitrogen functional groups attached to an aromatic ring is 1. The average molecular weight is 488 g/mol. The monoisotopic (exact) mass is 488 g/mol. The number of benzene rings is 2. The second-order valence-electron chi connectivity index (χ2n) is 3.60. The Morgan fingerprint density at radius 3 is 2.50 bits per heavy atom. The highest BCUT2D eigenvalue weighted by Crippen LogP contribution is 2.31. The summed E-state index contributed by atoms with van der Waals surface area (Å²) in [6, 6.07) is 8.52. The van der Waals surface area contributed by atoms with Gasteiger partial charge in [0.15, 0.2) is 0 Å². The van der Waals surface area contributed by atoms with Crippen LogP contribution in [0.5, 0.6) is 0 Å². The number of nitrogens with one attached hydrogen (secondary N) is 1. The van der Waals surface area contributed by atoms with Crippen LogP contribution in [0.15, 0.2) is 30.3 Å². The van der Waals surface area contributed by atoms with Crippen molar-refractivity contribution in [3.8, 4) is 0 Å². The lowest BCUT2D eigenvalue weighted by Crippen LogP contribution is -1.99. The van der Waals surface area contributed by atoms with Crippen molar-refractivity contribution in [3.63, 3.8) is 0 Å². The first-order valence-electron chi connectivity index (χ1n) is 4.94. The molecule has 0 aromatic heterocycles. The van der Waals surface area contributed by atoms with E-state index in [4.69, 9.17) is 17.3 Å². The number of hydrogen-bond donors (Lipinski definition) is 2. The molecule has 3 N–H and O–H groups in total. The normalized spacial score (nSPS) is 10.4. The molecule has 94 valence electrons. The van der Waals surface area contributed by atoms with Crippen molar-refractivity contribution in [1.29, 1.82) is 0 Å². The Labute approximate surface area is 136 Å². The van der Waals surface area contributed by atoms with Crippen molar-refractivity contribution in [1.82, 2.24) is 0 Å². The molecule has 0 heterocycles. The van der Waals surface area contributed by atoms with Crippen molar-refractivity contribution >= 4 is 73.8 Å². The molecule has 0 radical (unpaired) electrons. The molecule has 18 heavy (non-hydrogen) atoms. The van der Waals surface area contributed by atoms with Gasteiger partial charge in [-0.15, -0.1) is 0 Å². The molecule has 6 heteroatoms. The Balaban J connectivity index is 2.37. The molecule has 0 aliphatic carbocycles. The van der Waals surface area contributed by atoms with E-state index in [9.17, 15) is 4.39 Å². The molecular formula is C12H8ClFI2N2. The third-order valence-electron chi connectivity index (χ3n) is 2.29. The van der Waals surface area contributed by atoms with E-state index in [0.29, 0.717) is 25.7 Å². The van der Waals surface area contributed by atoms with Crippen LogP contribution in [-0.2, 0) is 0 Å². The minimum atomic E-state index is -0.311. The third kappa shape index (κ3) is 3.18. The lowest BCUT2D eigenvalue weighted by atomic mass is 10.2. The largest absolute Gasteiger partial charge is 0.397 e. The van der Waals surface area contributed by atoms with Crippen LogP contribution in [0.25, 0.3) is 0 Å². The summed E-state index contributed by atoms with van der Waals surface area (Å²) in [4.78, 5) is 0. The van der Waals surface area contributed by atoms with Gasteiger partial charge in [-0.1, -0.05) is 11.6 Å². The van der Waals surface area contributed by atoms with Gasteiger partial charge < -0.3 is 11.1 Å². The summed E-state index contributed by atoms with van der Waals surface area (Å²) < 4.78 is 15.0. The molecule has 0 unspecified atom stereocenters. The van der Waals surface area contributed by atoms with Gasteiger partial charge in [0.2, 0.25) is 0 Å². The quantitative estimate of drug-likeness (QED) is 0.461. The van der Waals surface area contributed by atoms with E-state index in [-0.39, 0.29) is 5.82 Å². The summed E-state index contributed by atoms with van der Waals surface area (Å²) in [7, 11) is 0. The van der Waals surface area contributed by atoms with Gasteiger partial charge in [-0.25, -0.2) is 4.39 Å². The van der Waals surface area contributed by atoms with Crippen molar-refractivity contribution < 1.29 is 4.39 Å². The van der Waals surface area contributed by atoms with Crippen LogP contribution in [0, 0.1) is 13.0 Å². The Kier molecular flexibility index (Phi) is 4.54. The summed E-state index contributed by atoms with van der Waals surface area (Å²) in [6.45, 7) is 0. The fourth-order valence-corrected chi connectivity index (χ4v) is 2.80. The topological polar surface area (TPSA) is 38.0 Å². The highest BCUT2D eigenvalue weighted by atomic mass is 127. The van der Waals surface area contributed by atoms with Crippen LogP contribution in [0.2, 0.25) is 5.02 Å². The maximum absolute atomic E-state index is 13.5. The second kappa shape index (κ2) is 5.79. The Hall–Kier alpha value is -0.280. The zero-order chi connectivity index (χ0) is 13.3. The average Bonchev–Trinajstić information content (AvgIpc) is 2.29. The van der Waals surface area contributed by atoms with Crippen LogP contribution in [0.1, 0.15) is 0 Å². The molecule has 0 saturated heterocycles. The van der Waals surface area contributed by atoms with E-state index in [1.165, 1.54) is 6.07 Å². The predicted octanol–water partition coefficient (Wildman–Crippen LogP) is 5.01. The van der Waals surface area contributed by atoms with Crippen molar-refractivity contribution in [2.45, 2.75) is 0 Å². The maximum atomic E-state index is 13.5. The number of rotatable bonds is 2. The maximum Gasteiger partial charge on any atom is 0.138 e. The molecule has 0 aliphatic heterocycles. The van der Waals surface area contributed by atoms with E-state index in [1.807, 2.05) is 40.8 Å². The van der Waals surface area contributed by atoms with Gasteiger partial charge in [0, 0.05) is 9.64 Å².